The summed E-state index contributed by atoms with van der Waals surface area (Å²) in [6.07, 6.45) is 1.95. The molecular formula is C16H19NO3. The van der Waals surface area contributed by atoms with E-state index >= 15 is 0 Å². The molecule has 106 valence electrons. The van der Waals surface area contributed by atoms with Gasteiger partial charge in [-0.05, 0) is 13.3 Å². The van der Waals surface area contributed by atoms with Crippen LogP contribution in [0, 0.1) is 0 Å². The standard InChI is InChI=1S/C16H19NO3/c1-3-5-10-17-13-14(18)11-8-6-7-9-12(11)15(19)16(13)20-4-2/h6-9,17H,3-5,10H2,1-2H3. The Balaban J connectivity index is 2.40. The zero-order valence-electron chi connectivity index (χ0n) is 11.9. The van der Waals surface area contributed by atoms with E-state index < -0.39 is 0 Å². The molecule has 0 spiro atoms. The molecule has 0 bridgehead atoms. The monoisotopic (exact) mass is 273 g/mol. The maximum atomic E-state index is 12.5. The lowest BCUT2D eigenvalue weighted by atomic mass is 9.91. The molecule has 0 amide bonds. The highest BCUT2D eigenvalue weighted by Gasteiger charge is 2.33. The first-order chi connectivity index (χ1) is 9.70. The van der Waals surface area contributed by atoms with Gasteiger partial charge in [0.1, 0.15) is 5.70 Å². The van der Waals surface area contributed by atoms with Crippen molar-refractivity contribution in [3.63, 3.8) is 0 Å². The fraction of sp³-hybridized carbons (Fsp3) is 0.375. The van der Waals surface area contributed by atoms with Crippen molar-refractivity contribution in [3.05, 3.63) is 46.8 Å². The van der Waals surface area contributed by atoms with Gasteiger partial charge >= 0.3 is 0 Å². The Morgan fingerprint density at radius 1 is 1.05 bits per heavy atom. The van der Waals surface area contributed by atoms with E-state index in [0.717, 1.165) is 12.8 Å². The zero-order chi connectivity index (χ0) is 14.5. The van der Waals surface area contributed by atoms with Crippen molar-refractivity contribution in [1.82, 2.24) is 5.32 Å². The summed E-state index contributed by atoms with van der Waals surface area (Å²) < 4.78 is 5.41. The summed E-state index contributed by atoms with van der Waals surface area (Å²) in [5.41, 5.74) is 1.16. The second kappa shape index (κ2) is 6.37. The van der Waals surface area contributed by atoms with Gasteiger partial charge in [-0.25, -0.2) is 0 Å². The van der Waals surface area contributed by atoms with Crippen LogP contribution in [-0.4, -0.2) is 24.7 Å². The lowest BCUT2D eigenvalue weighted by Gasteiger charge is -2.21. The fourth-order valence-electron chi connectivity index (χ4n) is 2.19. The highest BCUT2D eigenvalue weighted by Crippen LogP contribution is 2.25. The number of Topliss-reactive ketones (excluding diaryl/α,β-unsaturated/α-hetero) is 2. The van der Waals surface area contributed by atoms with Crippen molar-refractivity contribution < 1.29 is 14.3 Å². The van der Waals surface area contributed by atoms with Crippen molar-refractivity contribution in [2.24, 2.45) is 0 Å². The summed E-state index contributed by atoms with van der Waals surface area (Å²) in [6, 6.07) is 6.86. The maximum absolute atomic E-state index is 12.5. The van der Waals surface area contributed by atoms with E-state index in [1.807, 2.05) is 0 Å². The first-order valence-corrected chi connectivity index (χ1v) is 7.00. The summed E-state index contributed by atoms with van der Waals surface area (Å²) in [5.74, 6) is -0.242. The van der Waals surface area contributed by atoms with E-state index in [1.165, 1.54) is 0 Å². The number of carbonyl (C=O) groups is 2. The summed E-state index contributed by atoms with van der Waals surface area (Å²) in [5, 5.41) is 3.06. The summed E-state index contributed by atoms with van der Waals surface area (Å²) in [4.78, 5) is 24.9. The summed E-state index contributed by atoms with van der Waals surface area (Å²) in [7, 11) is 0. The number of unbranched alkanes of at least 4 members (excludes halogenated alkanes) is 1. The van der Waals surface area contributed by atoms with Crippen molar-refractivity contribution in [2.45, 2.75) is 26.7 Å². The number of rotatable bonds is 6. The predicted octanol–water partition coefficient (Wildman–Crippen LogP) is 2.70. The molecule has 0 radical (unpaired) electrons. The van der Waals surface area contributed by atoms with Crippen LogP contribution in [0.25, 0.3) is 0 Å². The molecular weight excluding hydrogens is 254 g/mol. The molecule has 2 rings (SSSR count). The van der Waals surface area contributed by atoms with Gasteiger partial charge in [0.25, 0.3) is 0 Å². The van der Waals surface area contributed by atoms with Gasteiger partial charge in [0.15, 0.2) is 5.76 Å². The van der Waals surface area contributed by atoms with E-state index in [1.54, 1.807) is 31.2 Å². The highest BCUT2D eigenvalue weighted by atomic mass is 16.5. The minimum absolute atomic E-state index is 0.146. The van der Waals surface area contributed by atoms with Crippen LogP contribution in [0.5, 0.6) is 0 Å². The van der Waals surface area contributed by atoms with Crippen molar-refractivity contribution in [3.8, 4) is 0 Å². The summed E-state index contributed by atoms with van der Waals surface area (Å²) in [6.45, 7) is 4.89. The molecule has 4 nitrogen and oxygen atoms in total. The molecule has 0 aliphatic heterocycles. The minimum Gasteiger partial charge on any atom is -0.488 e. The number of nitrogens with one attached hydrogen (secondary N) is 1. The van der Waals surface area contributed by atoms with E-state index in [9.17, 15) is 9.59 Å². The molecule has 20 heavy (non-hydrogen) atoms. The van der Waals surface area contributed by atoms with Gasteiger partial charge in [-0.15, -0.1) is 0 Å². The largest absolute Gasteiger partial charge is 0.488 e. The number of benzene rings is 1. The zero-order valence-corrected chi connectivity index (χ0v) is 11.9. The van der Waals surface area contributed by atoms with Crippen LogP contribution in [0.1, 0.15) is 47.4 Å². The Labute approximate surface area is 118 Å². The predicted molar refractivity (Wildman–Crippen MR) is 76.7 cm³/mol. The van der Waals surface area contributed by atoms with Gasteiger partial charge in [-0.1, -0.05) is 37.6 Å². The van der Waals surface area contributed by atoms with Crippen LogP contribution in [0.3, 0.4) is 0 Å². The number of ketones is 2. The minimum atomic E-state index is -0.221. The molecule has 0 fully saturated rings. The first kappa shape index (κ1) is 14.3. The van der Waals surface area contributed by atoms with Crippen LogP contribution in [-0.2, 0) is 4.74 Å². The number of hydrogen-bond acceptors (Lipinski definition) is 4. The number of hydrogen-bond donors (Lipinski definition) is 1. The van der Waals surface area contributed by atoms with E-state index in [-0.39, 0.29) is 17.3 Å². The van der Waals surface area contributed by atoms with Crippen LogP contribution in [0.2, 0.25) is 0 Å². The molecule has 0 aromatic heterocycles. The second-order valence-corrected chi connectivity index (χ2v) is 4.62. The number of ether oxygens (including phenoxy) is 1. The van der Waals surface area contributed by atoms with Crippen LogP contribution in [0.15, 0.2) is 35.7 Å². The molecule has 0 atom stereocenters. The van der Waals surface area contributed by atoms with Gasteiger partial charge in [-0.3, -0.25) is 9.59 Å². The van der Waals surface area contributed by atoms with Gasteiger partial charge < -0.3 is 10.1 Å². The fourth-order valence-corrected chi connectivity index (χ4v) is 2.19. The quantitative estimate of drug-likeness (QED) is 0.810. The third-order valence-electron chi connectivity index (χ3n) is 3.20. The summed E-state index contributed by atoms with van der Waals surface area (Å²) >= 11 is 0. The molecule has 1 N–H and O–H groups in total. The third kappa shape index (κ3) is 2.59. The Bertz CT molecular complexity index is 561. The van der Waals surface area contributed by atoms with Crippen molar-refractivity contribution in [1.29, 1.82) is 0 Å². The SMILES string of the molecule is CCCCNC1=C(OCC)C(=O)c2ccccc2C1=O. The average Bonchev–Trinajstić information content (AvgIpc) is 2.47. The van der Waals surface area contributed by atoms with Crippen LogP contribution < -0.4 is 5.32 Å². The molecule has 0 saturated heterocycles. The second-order valence-electron chi connectivity index (χ2n) is 4.62. The van der Waals surface area contributed by atoms with Crippen LogP contribution >= 0.6 is 0 Å². The van der Waals surface area contributed by atoms with E-state index in [4.69, 9.17) is 4.74 Å². The van der Waals surface area contributed by atoms with Crippen LogP contribution in [0.4, 0.5) is 0 Å². The molecule has 1 aliphatic rings. The van der Waals surface area contributed by atoms with E-state index in [0.29, 0.717) is 30.0 Å². The molecule has 1 aromatic carbocycles. The number of allylic oxidation sites excluding steroid dienone is 2. The average molecular weight is 273 g/mol. The highest BCUT2D eigenvalue weighted by molar-refractivity contribution is 6.25. The molecule has 0 heterocycles. The number of fused-ring (bicyclic) bond motifs is 1. The lowest BCUT2D eigenvalue weighted by molar-refractivity contribution is 0.0873. The molecule has 4 heteroatoms. The van der Waals surface area contributed by atoms with Crippen molar-refractivity contribution >= 4 is 11.6 Å². The third-order valence-corrected chi connectivity index (χ3v) is 3.20. The first-order valence-electron chi connectivity index (χ1n) is 7.00. The smallest absolute Gasteiger partial charge is 0.230 e. The Morgan fingerprint density at radius 3 is 2.30 bits per heavy atom. The van der Waals surface area contributed by atoms with Gasteiger partial charge in [0.2, 0.25) is 11.6 Å². The topological polar surface area (TPSA) is 55.4 Å². The Hall–Kier alpha value is -2.10. The normalized spacial score (nSPS) is 14.3. The van der Waals surface area contributed by atoms with Crippen molar-refractivity contribution in [2.75, 3.05) is 13.2 Å². The molecule has 1 aromatic rings. The molecule has 0 unspecified atom stereocenters. The van der Waals surface area contributed by atoms with Gasteiger partial charge in [0.05, 0.1) is 6.61 Å². The molecule has 0 saturated carbocycles. The molecule has 1 aliphatic carbocycles. The van der Waals surface area contributed by atoms with Gasteiger partial charge in [0, 0.05) is 17.7 Å². The lowest BCUT2D eigenvalue weighted by Crippen LogP contribution is -2.32. The number of carbonyl (C=O) groups excluding carboxylic acids is 2. The Morgan fingerprint density at radius 2 is 1.70 bits per heavy atom. The van der Waals surface area contributed by atoms with Gasteiger partial charge in [-0.2, -0.15) is 0 Å². The van der Waals surface area contributed by atoms with E-state index in [2.05, 4.69) is 12.2 Å². The Kier molecular flexibility index (Phi) is 4.56. The maximum Gasteiger partial charge on any atom is 0.230 e.